The molecule has 1 saturated heterocycles. The van der Waals surface area contributed by atoms with Crippen molar-refractivity contribution in [2.24, 2.45) is 4.99 Å². The van der Waals surface area contributed by atoms with Crippen LogP contribution in [0.1, 0.15) is 23.6 Å². The van der Waals surface area contributed by atoms with Crippen molar-refractivity contribution in [2.75, 3.05) is 12.2 Å². The number of nitrogens with one attached hydrogen (secondary N) is 3. The molecule has 184 valence electrons. The molecule has 9 nitrogen and oxygen atoms in total. The van der Waals surface area contributed by atoms with Gasteiger partial charge in [-0.2, -0.15) is 5.26 Å². The van der Waals surface area contributed by atoms with Gasteiger partial charge >= 0.3 is 0 Å². The number of hydrogen-bond donors (Lipinski definition) is 3. The lowest BCUT2D eigenvalue weighted by molar-refractivity contribution is 0.414. The minimum atomic E-state index is -0.213. The molecule has 0 amide bonds. The number of para-hydroxylation sites is 2. The summed E-state index contributed by atoms with van der Waals surface area (Å²) in [5.74, 6) is 0.796. The van der Waals surface area contributed by atoms with Gasteiger partial charge in [0.1, 0.15) is 17.5 Å². The fraction of sp³-hybridized carbons (Fsp3) is 0.179. The van der Waals surface area contributed by atoms with E-state index in [1.54, 1.807) is 24.6 Å². The Morgan fingerprint density at radius 3 is 2.51 bits per heavy atom. The summed E-state index contributed by atoms with van der Waals surface area (Å²) in [4.78, 5) is 21.5. The van der Waals surface area contributed by atoms with E-state index in [0.29, 0.717) is 22.3 Å². The highest BCUT2D eigenvalue weighted by atomic mass is 16.5. The van der Waals surface area contributed by atoms with Crippen LogP contribution in [-0.2, 0) is 0 Å². The number of pyridine rings is 1. The zero-order valence-corrected chi connectivity index (χ0v) is 20.6. The van der Waals surface area contributed by atoms with Crippen LogP contribution < -0.4 is 26.3 Å². The molecule has 6 rings (SSSR count). The lowest BCUT2D eigenvalue weighted by atomic mass is 9.97. The average molecular weight is 492 g/mol. The van der Waals surface area contributed by atoms with Crippen molar-refractivity contribution < 1.29 is 4.74 Å². The highest BCUT2D eigenvalue weighted by Gasteiger charge is 2.32. The zero-order valence-electron chi connectivity index (χ0n) is 20.6. The molecule has 0 bridgehead atoms. The quantitative estimate of drug-likeness (QED) is 0.377. The third-order valence-electron chi connectivity index (χ3n) is 6.96. The first kappa shape index (κ1) is 22.8. The maximum atomic E-state index is 13.5. The third-order valence-corrected chi connectivity index (χ3v) is 6.96. The van der Waals surface area contributed by atoms with Crippen LogP contribution in [0.4, 0.5) is 5.69 Å². The molecule has 1 fully saturated rings. The molecule has 3 N–H and O–H groups in total. The number of fused-ring (bicyclic) bond motifs is 4. The van der Waals surface area contributed by atoms with E-state index in [-0.39, 0.29) is 17.6 Å². The van der Waals surface area contributed by atoms with E-state index in [2.05, 4.69) is 34.1 Å². The second kappa shape index (κ2) is 8.78. The molecule has 1 aliphatic carbocycles. The van der Waals surface area contributed by atoms with Gasteiger partial charge < -0.3 is 9.72 Å². The summed E-state index contributed by atoms with van der Waals surface area (Å²) in [6.45, 7) is 3.79. The number of hydrogen-bond acceptors (Lipinski definition) is 7. The van der Waals surface area contributed by atoms with Crippen LogP contribution in [0.5, 0.6) is 5.75 Å². The first-order valence-electron chi connectivity index (χ1n) is 12.0. The number of nitrogens with zero attached hydrogens (tertiary/aromatic N) is 4. The van der Waals surface area contributed by atoms with Crippen LogP contribution in [0.2, 0.25) is 0 Å². The van der Waals surface area contributed by atoms with Crippen molar-refractivity contribution in [1.82, 2.24) is 20.2 Å². The van der Waals surface area contributed by atoms with E-state index < -0.39 is 0 Å². The van der Waals surface area contributed by atoms with Crippen LogP contribution in [0, 0.1) is 18.3 Å². The van der Waals surface area contributed by atoms with Gasteiger partial charge in [-0.3, -0.25) is 14.2 Å². The van der Waals surface area contributed by atoms with Crippen molar-refractivity contribution in [1.29, 1.82) is 5.26 Å². The largest absolute Gasteiger partial charge is 0.497 e. The molecule has 2 aliphatic rings. The van der Waals surface area contributed by atoms with Crippen LogP contribution in [-0.4, -0.2) is 34.8 Å². The number of allylic oxidation sites excluding steroid dienone is 1. The van der Waals surface area contributed by atoms with Crippen LogP contribution in [0.15, 0.2) is 81.7 Å². The van der Waals surface area contributed by atoms with Gasteiger partial charge in [0.25, 0.3) is 5.56 Å². The molecule has 3 heterocycles. The van der Waals surface area contributed by atoms with Crippen molar-refractivity contribution >= 4 is 28.6 Å². The topological polar surface area (TPSA) is 110 Å². The minimum Gasteiger partial charge on any atom is -0.497 e. The number of ether oxygens (including phenoxy) is 1. The Hall–Kier alpha value is -4.65. The molecule has 2 aromatic heterocycles. The number of aromatic nitrogens is 2. The Bertz CT molecular complexity index is 1730. The van der Waals surface area contributed by atoms with Crippen molar-refractivity contribution in [3.63, 3.8) is 0 Å². The second-order valence-electron chi connectivity index (χ2n) is 9.16. The highest BCUT2D eigenvalue weighted by Crippen LogP contribution is 2.27. The SMILES string of the molecule is COc1ccc(N2N[C@H]3C=C(C)C(N=Cc4c(C)c(C#N)c5[nH]c6ccccc6n5c4=O)=C[C@@H]3N2)cc1. The van der Waals surface area contributed by atoms with Crippen LogP contribution in [0.3, 0.4) is 0 Å². The van der Waals surface area contributed by atoms with Gasteiger partial charge in [-0.1, -0.05) is 18.2 Å². The highest BCUT2D eigenvalue weighted by molar-refractivity contribution is 5.89. The lowest BCUT2D eigenvalue weighted by Gasteiger charge is -2.18. The molecule has 0 unspecified atom stereocenters. The van der Waals surface area contributed by atoms with E-state index in [4.69, 9.17) is 9.73 Å². The fourth-order valence-electron chi connectivity index (χ4n) is 4.94. The first-order valence-corrected chi connectivity index (χ1v) is 12.0. The number of rotatable bonds is 4. The monoisotopic (exact) mass is 491 g/mol. The number of methoxy groups -OCH3 is 1. The molecular formula is C28H25N7O2. The predicted octanol–water partition coefficient (Wildman–Crippen LogP) is 3.50. The van der Waals surface area contributed by atoms with Crippen molar-refractivity contribution in [3.8, 4) is 11.8 Å². The Kier molecular flexibility index (Phi) is 5.41. The van der Waals surface area contributed by atoms with Gasteiger partial charge in [-0.25, -0.2) is 16.0 Å². The number of nitriles is 1. The van der Waals surface area contributed by atoms with Gasteiger partial charge in [-0.15, -0.1) is 0 Å². The summed E-state index contributed by atoms with van der Waals surface area (Å²) in [6, 6.07) is 17.6. The van der Waals surface area contributed by atoms with E-state index in [1.165, 1.54) is 0 Å². The summed E-state index contributed by atoms with van der Waals surface area (Å²) < 4.78 is 6.81. The minimum absolute atomic E-state index is 0.0223. The van der Waals surface area contributed by atoms with E-state index in [0.717, 1.165) is 33.7 Å². The molecule has 2 aromatic carbocycles. The molecule has 0 spiro atoms. The Labute approximate surface area is 212 Å². The second-order valence-corrected chi connectivity index (χ2v) is 9.16. The van der Waals surface area contributed by atoms with Gasteiger partial charge in [0.2, 0.25) is 0 Å². The maximum absolute atomic E-state index is 13.5. The van der Waals surface area contributed by atoms with Crippen molar-refractivity contribution in [3.05, 3.63) is 99.0 Å². The number of H-pyrrole nitrogens is 1. The standard InChI is InChI=1S/C28H25N7O2/c1-16-12-24-25(33-35(32-24)18-8-10-19(37-3)11-9-18)13-23(16)30-15-21-17(2)20(14-29)27-31-22-6-4-5-7-26(22)34(27)28(21)36/h4-13,15,24-25,31-33H,1-3H3/t24-,25-/m0/s1. The lowest BCUT2D eigenvalue weighted by Crippen LogP contribution is -2.40. The van der Waals surface area contributed by atoms with Crippen LogP contribution in [0.25, 0.3) is 16.7 Å². The molecule has 37 heavy (non-hydrogen) atoms. The molecule has 2 atom stereocenters. The normalized spacial score (nSPS) is 19.2. The molecule has 4 aromatic rings. The summed E-state index contributed by atoms with van der Waals surface area (Å²) >= 11 is 0. The smallest absolute Gasteiger partial charge is 0.265 e. The Morgan fingerprint density at radius 1 is 1.05 bits per heavy atom. The Balaban J connectivity index is 1.35. The number of anilines is 1. The van der Waals surface area contributed by atoms with Gasteiger partial charge in [-0.05, 0) is 67.5 Å². The first-order chi connectivity index (χ1) is 18.0. The van der Waals surface area contributed by atoms with E-state index >= 15 is 0 Å². The van der Waals surface area contributed by atoms with Gasteiger partial charge in [0, 0.05) is 6.21 Å². The maximum Gasteiger partial charge on any atom is 0.265 e. The summed E-state index contributed by atoms with van der Waals surface area (Å²) in [7, 11) is 1.64. The molecule has 1 aliphatic heterocycles. The van der Waals surface area contributed by atoms with Crippen LogP contribution >= 0.6 is 0 Å². The fourth-order valence-corrected chi connectivity index (χ4v) is 4.94. The number of benzene rings is 2. The summed E-state index contributed by atoms with van der Waals surface area (Å²) in [6.07, 6.45) is 5.76. The van der Waals surface area contributed by atoms with Crippen molar-refractivity contribution in [2.45, 2.75) is 25.9 Å². The van der Waals surface area contributed by atoms with Gasteiger partial charge in [0.05, 0.1) is 52.7 Å². The van der Waals surface area contributed by atoms with Gasteiger partial charge in [0.15, 0.2) is 0 Å². The summed E-state index contributed by atoms with van der Waals surface area (Å²) in [5, 5.41) is 11.8. The van der Waals surface area contributed by atoms with E-state index in [1.807, 2.05) is 60.6 Å². The zero-order chi connectivity index (χ0) is 25.7. The number of aliphatic imine (C=N–C) groups is 1. The van der Waals surface area contributed by atoms with E-state index in [9.17, 15) is 10.1 Å². The number of imidazole rings is 1. The molecule has 0 saturated carbocycles. The molecule has 9 heteroatoms. The molecule has 0 radical (unpaired) electrons. The summed E-state index contributed by atoms with van der Waals surface area (Å²) in [5.41, 5.74) is 12.9. The Morgan fingerprint density at radius 2 is 1.78 bits per heavy atom. The average Bonchev–Trinajstić information content (AvgIpc) is 3.50. The molecular weight excluding hydrogens is 466 g/mol. The number of hydrazine groups is 2. The third kappa shape index (κ3) is 3.71. The predicted molar refractivity (Wildman–Crippen MR) is 144 cm³/mol. The number of aromatic amines is 1.